The molecule has 0 saturated heterocycles. The quantitative estimate of drug-likeness (QED) is 0.410. The third-order valence-electron chi connectivity index (χ3n) is 6.70. The second kappa shape index (κ2) is 12.3. The Morgan fingerprint density at radius 3 is 1.97 bits per heavy atom. The summed E-state index contributed by atoms with van der Waals surface area (Å²) in [6, 6.07) is 8.01. The van der Waals surface area contributed by atoms with Gasteiger partial charge >= 0.3 is 5.97 Å². The van der Waals surface area contributed by atoms with E-state index in [1.54, 1.807) is 32.0 Å². The van der Waals surface area contributed by atoms with Gasteiger partial charge in [-0.05, 0) is 30.4 Å². The first-order chi connectivity index (χ1) is 16.1. The maximum absolute atomic E-state index is 13.8. The first-order valence-corrected chi connectivity index (χ1v) is 12.3. The Kier molecular flexibility index (Phi) is 10.7. The number of carboxylic acids is 1. The van der Waals surface area contributed by atoms with Gasteiger partial charge in [-0.25, -0.2) is 4.79 Å². The van der Waals surface area contributed by atoms with Crippen molar-refractivity contribution in [3.8, 4) is 0 Å². The highest BCUT2D eigenvalue weighted by Crippen LogP contribution is 2.29. The van der Waals surface area contributed by atoms with Crippen LogP contribution in [0.2, 0.25) is 0 Å². The zero-order chi connectivity index (χ0) is 27.1. The number of nitrogens with zero attached hydrogens (tertiary/aromatic N) is 1. The number of carboxylic acid groups (broad SMARTS) is 1. The van der Waals surface area contributed by atoms with E-state index >= 15 is 0 Å². The Labute approximate surface area is 211 Å². The first-order valence-electron chi connectivity index (χ1n) is 12.3. The summed E-state index contributed by atoms with van der Waals surface area (Å²) in [5.74, 6) is -1.52. The van der Waals surface area contributed by atoms with Gasteiger partial charge in [0.05, 0.1) is 12.1 Å². The zero-order valence-electron chi connectivity index (χ0n) is 23.1. The van der Waals surface area contributed by atoms with E-state index in [1.807, 2.05) is 78.8 Å². The number of rotatable bonds is 11. The van der Waals surface area contributed by atoms with Gasteiger partial charge in [0, 0.05) is 18.0 Å². The van der Waals surface area contributed by atoms with Gasteiger partial charge in [0.2, 0.25) is 11.8 Å². The Bertz CT molecular complexity index is 901. The van der Waals surface area contributed by atoms with Crippen LogP contribution in [-0.4, -0.2) is 60.0 Å². The lowest BCUT2D eigenvalue weighted by Crippen LogP contribution is -2.61. The number of carbonyl (C=O) groups is 3. The fourth-order valence-corrected chi connectivity index (χ4v) is 4.38. The third-order valence-corrected chi connectivity index (χ3v) is 6.70. The zero-order valence-corrected chi connectivity index (χ0v) is 23.1. The highest BCUT2D eigenvalue weighted by atomic mass is 16.4. The second-order valence-corrected chi connectivity index (χ2v) is 11.2. The first kappa shape index (κ1) is 30.4. The molecule has 7 nitrogen and oxygen atoms in total. The Balaban J connectivity index is 3.32. The maximum atomic E-state index is 13.8. The Hall–Kier alpha value is -2.67. The summed E-state index contributed by atoms with van der Waals surface area (Å²) in [5, 5.41) is 15.7. The van der Waals surface area contributed by atoms with Crippen molar-refractivity contribution in [2.45, 2.75) is 85.4 Å². The van der Waals surface area contributed by atoms with E-state index < -0.39 is 34.9 Å². The van der Waals surface area contributed by atoms with E-state index in [0.29, 0.717) is 6.42 Å². The van der Waals surface area contributed by atoms with Gasteiger partial charge in [0.15, 0.2) is 0 Å². The summed E-state index contributed by atoms with van der Waals surface area (Å²) in [6.45, 7) is 15.4. The van der Waals surface area contributed by atoms with Crippen LogP contribution in [0.1, 0.15) is 67.4 Å². The summed E-state index contributed by atoms with van der Waals surface area (Å²) < 4.78 is 0. The van der Waals surface area contributed by atoms with Gasteiger partial charge in [-0.1, -0.05) is 91.8 Å². The molecule has 0 fully saturated rings. The number of aliphatic carboxylic acids is 1. The average molecular weight is 488 g/mol. The molecule has 0 aliphatic heterocycles. The number of benzene rings is 1. The van der Waals surface area contributed by atoms with Crippen LogP contribution >= 0.6 is 0 Å². The van der Waals surface area contributed by atoms with Crippen molar-refractivity contribution in [2.75, 3.05) is 14.1 Å². The lowest BCUT2D eigenvalue weighted by atomic mass is 9.76. The van der Waals surface area contributed by atoms with Crippen molar-refractivity contribution in [2.24, 2.45) is 11.3 Å². The van der Waals surface area contributed by atoms with Crippen molar-refractivity contribution in [3.63, 3.8) is 0 Å². The molecule has 196 valence electrons. The molecule has 0 bridgehead atoms. The minimum absolute atomic E-state index is 0.0109. The van der Waals surface area contributed by atoms with Crippen molar-refractivity contribution in [1.29, 1.82) is 0 Å². The molecule has 2 amide bonds. The molecule has 7 heteroatoms. The molecule has 3 atom stereocenters. The fourth-order valence-electron chi connectivity index (χ4n) is 4.38. The molecule has 0 spiro atoms. The SMILES string of the molecule is CC/C(=C\C(C(C)C)N(C)C(=O)C(NC(=O)C(NC)C(C)(C)c1ccccc1)C(C)(C)C)C(=O)O. The minimum Gasteiger partial charge on any atom is -0.478 e. The van der Waals surface area contributed by atoms with Gasteiger partial charge in [-0.15, -0.1) is 0 Å². The van der Waals surface area contributed by atoms with Crippen molar-refractivity contribution >= 4 is 17.8 Å². The molecular weight excluding hydrogens is 442 g/mol. The molecule has 0 aliphatic carbocycles. The highest BCUT2D eigenvalue weighted by molar-refractivity contribution is 5.91. The molecule has 0 aliphatic rings. The van der Waals surface area contributed by atoms with E-state index in [-0.39, 0.29) is 23.3 Å². The number of amides is 2. The Morgan fingerprint density at radius 1 is 1.03 bits per heavy atom. The number of likely N-dealkylation sites (N-methyl/N-ethyl adjacent to an activating group) is 2. The van der Waals surface area contributed by atoms with E-state index in [0.717, 1.165) is 5.56 Å². The van der Waals surface area contributed by atoms with Crippen LogP contribution in [0.25, 0.3) is 0 Å². The monoisotopic (exact) mass is 487 g/mol. The molecule has 3 N–H and O–H groups in total. The molecule has 0 heterocycles. The molecule has 3 unspecified atom stereocenters. The van der Waals surface area contributed by atoms with E-state index in [1.165, 1.54) is 0 Å². The second-order valence-electron chi connectivity index (χ2n) is 11.2. The van der Waals surface area contributed by atoms with Crippen LogP contribution < -0.4 is 10.6 Å². The predicted octanol–water partition coefficient (Wildman–Crippen LogP) is 3.99. The number of hydrogen-bond acceptors (Lipinski definition) is 4. The minimum atomic E-state index is -0.986. The highest BCUT2D eigenvalue weighted by Gasteiger charge is 2.41. The van der Waals surface area contributed by atoms with Crippen LogP contribution in [0, 0.1) is 11.3 Å². The van der Waals surface area contributed by atoms with E-state index in [2.05, 4.69) is 10.6 Å². The average Bonchev–Trinajstić information content (AvgIpc) is 2.76. The van der Waals surface area contributed by atoms with Crippen LogP contribution in [0.3, 0.4) is 0 Å². The normalized spacial score (nSPS) is 15.3. The largest absolute Gasteiger partial charge is 0.478 e. The Morgan fingerprint density at radius 2 is 1.57 bits per heavy atom. The number of carbonyl (C=O) groups excluding carboxylic acids is 2. The maximum Gasteiger partial charge on any atom is 0.331 e. The lowest BCUT2D eigenvalue weighted by Gasteiger charge is -2.40. The van der Waals surface area contributed by atoms with Crippen LogP contribution in [0.4, 0.5) is 0 Å². The van der Waals surface area contributed by atoms with Gasteiger partial charge in [-0.2, -0.15) is 0 Å². The molecule has 0 saturated carbocycles. The van der Waals surface area contributed by atoms with Crippen molar-refractivity contribution in [1.82, 2.24) is 15.5 Å². The van der Waals surface area contributed by atoms with Gasteiger partial charge in [0.25, 0.3) is 0 Å². The molecular formula is C28H45N3O4. The summed E-state index contributed by atoms with van der Waals surface area (Å²) in [7, 11) is 3.42. The molecule has 1 aromatic carbocycles. The van der Waals surface area contributed by atoms with E-state index in [9.17, 15) is 19.5 Å². The van der Waals surface area contributed by atoms with Crippen LogP contribution in [-0.2, 0) is 19.8 Å². The van der Waals surface area contributed by atoms with Crippen LogP contribution in [0.5, 0.6) is 0 Å². The molecule has 35 heavy (non-hydrogen) atoms. The summed E-state index contributed by atoms with van der Waals surface area (Å²) in [6.07, 6.45) is 2.01. The lowest BCUT2D eigenvalue weighted by molar-refractivity contribution is -0.141. The number of hydrogen-bond donors (Lipinski definition) is 3. The van der Waals surface area contributed by atoms with Gasteiger partial charge < -0.3 is 20.6 Å². The fraction of sp³-hybridized carbons (Fsp3) is 0.607. The topological polar surface area (TPSA) is 98.7 Å². The van der Waals surface area contributed by atoms with Crippen molar-refractivity contribution < 1.29 is 19.5 Å². The predicted molar refractivity (Wildman–Crippen MR) is 141 cm³/mol. The molecule has 0 radical (unpaired) electrons. The summed E-state index contributed by atoms with van der Waals surface area (Å²) >= 11 is 0. The van der Waals surface area contributed by atoms with Crippen LogP contribution in [0.15, 0.2) is 42.0 Å². The molecule has 1 aromatic rings. The summed E-state index contributed by atoms with van der Waals surface area (Å²) in [5.41, 5.74) is 0.176. The summed E-state index contributed by atoms with van der Waals surface area (Å²) in [4.78, 5) is 40.5. The molecule has 1 rings (SSSR count). The molecule has 0 aromatic heterocycles. The van der Waals surface area contributed by atoms with Crippen molar-refractivity contribution in [3.05, 3.63) is 47.5 Å². The van der Waals surface area contributed by atoms with E-state index in [4.69, 9.17) is 0 Å². The van der Waals surface area contributed by atoms with Gasteiger partial charge in [0.1, 0.15) is 6.04 Å². The standard InChI is InChI=1S/C28H45N3O4/c1-11-19(26(34)35)17-21(18(2)3)31(10)25(33)23(27(4,5)6)30-24(32)22(29-9)28(7,8)20-15-13-12-14-16-20/h12-18,21-23,29H,11H2,1-10H3,(H,30,32)(H,34,35)/b19-17+. The number of nitrogens with one attached hydrogen (secondary N) is 2. The van der Waals surface area contributed by atoms with Gasteiger partial charge in [-0.3, -0.25) is 9.59 Å². The smallest absolute Gasteiger partial charge is 0.331 e. The third kappa shape index (κ3) is 7.66.